The van der Waals surface area contributed by atoms with Crippen LogP contribution in [0, 0.1) is 0 Å². The molecule has 0 spiro atoms. The van der Waals surface area contributed by atoms with E-state index >= 15 is 0 Å². The molecule has 0 radical (unpaired) electrons. The molecule has 1 atom stereocenters. The van der Waals surface area contributed by atoms with Gasteiger partial charge in [-0.3, -0.25) is 14.4 Å². The normalized spacial score (nSPS) is 15.1. The smallest absolute Gasteiger partial charge is 0.376 e. The molecule has 364 valence electrons. The van der Waals surface area contributed by atoms with E-state index < -0.39 is 5.97 Å². The average molecular weight is 1200 g/mol. The fraction of sp³-hybridized carbons (Fsp3) is 0.279. The summed E-state index contributed by atoms with van der Waals surface area (Å²) < 4.78 is 17.7. The first kappa shape index (κ1) is 48.0. The van der Waals surface area contributed by atoms with Gasteiger partial charge in [-0.05, 0) is 116 Å². The van der Waals surface area contributed by atoms with Crippen LogP contribution in [0.25, 0.3) is 16.6 Å². The Bertz CT molecular complexity index is 3550. The number of amides is 3. The van der Waals surface area contributed by atoms with Crippen LogP contribution in [0.1, 0.15) is 79.4 Å². The lowest BCUT2D eigenvalue weighted by molar-refractivity contribution is 0.0500. The van der Waals surface area contributed by atoms with E-state index in [0.29, 0.717) is 88.2 Å². The zero-order valence-electron chi connectivity index (χ0n) is 37.4. The summed E-state index contributed by atoms with van der Waals surface area (Å²) in [5.41, 5.74) is 3.65. The Morgan fingerprint density at radius 2 is 1.08 bits per heavy atom. The lowest BCUT2D eigenvalue weighted by atomic mass is 10.2. The first-order valence-corrected chi connectivity index (χ1v) is 25.0. The molecular formula is C43H37Br3Cl2N18O5. The van der Waals surface area contributed by atoms with Crippen LogP contribution in [0.4, 0.5) is 0 Å². The molecule has 0 fully saturated rings. The number of aromatic nitrogens is 15. The molecule has 9 aromatic rings. The minimum atomic E-state index is -0.503. The minimum Gasteiger partial charge on any atom is -0.460 e. The number of hydrogen-bond acceptors (Lipinski definition) is 14. The predicted octanol–water partition coefficient (Wildman–Crippen LogP) is 6.08. The molecule has 23 nitrogen and oxygen atoms in total. The lowest BCUT2D eigenvalue weighted by Crippen LogP contribution is -2.41. The topological polar surface area (TPSA) is 231 Å². The lowest BCUT2D eigenvalue weighted by Gasteiger charge is -2.32. The first-order chi connectivity index (χ1) is 34.2. The highest BCUT2D eigenvalue weighted by atomic mass is 79.9. The van der Waals surface area contributed by atoms with E-state index in [0.717, 1.165) is 32.7 Å². The summed E-state index contributed by atoms with van der Waals surface area (Å²) in [7, 11) is 0. The van der Waals surface area contributed by atoms with Gasteiger partial charge in [0.1, 0.15) is 0 Å². The van der Waals surface area contributed by atoms with Gasteiger partial charge in [-0.15, -0.1) is 30.6 Å². The van der Waals surface area contributed by atoms with Gasteiger partial charge in [0.05, 0.1) is 52.3 Å². The number of rotatable bonds is 5. The average Bonchev–Trinajstić information content (AvgIpc) is 4.24. The molecule has 0 saturated carbocycles. The Kier molecular flexibility index (Phi) is 13.5. The summed E-state index contributed by atoms with van der Waals surface area (Å²) in [5.74, 6) is 1.33. The van der Waals surface area contributed by atoms with Gasteiger partial charge in [0, 0.05) is 62.3 Å². The van der Waals surface area contributed by atoms with Crippen LogP contribution < -0.4 is 0 Å². The van der Waals surface area contributed by atoms with Crippen molar-refractivity contribution in [1.29, 1.82) is 0 Å². The van der Waals surface area contributed by atoms with Crippen molar-refractivity contribution >= 4 is 111 Å². The van der Waals surface area contributed by atoms with Crippen LogP contribution in [0.3, 0.4) is 0 Å². The van der Waals surface area contributed by atoms with Crippen LogP contribution in [-0.2, 0) is 37.5 Å². The summed E-state index contributed by atoms with van der Waals surface area (Å²) in [6.45, 7) is 8.00. The van der Waals surface area contributed by atoms with Crippen LogP contribution in [0.15, 0.2) is 87.1 Å². The third-order valence-electron chi connectivity index (χ3n) is 11.8. The van der Waals surface area contributed by atoms with Gasteiger partial charge in [0.25, 0.3) is 17.7 Å². The number of hydrogen-bond donors (Lipinski definition) is 0. The largest absolute Gasteiger partial charge is 0.460 e. The molecule has 3 amide bonds. The quantitative estimate of drug-likeness (QED) is 0.178. The number of ether oxygens (including phenoxy) is 1. The van der Waals surface area contributed by atoms with Crippen LogP contribution in [0.5, 0.6) is 0 Å². The van der Waals surface area contributed by atoms with Gasteiger partial charge in [-0.1, -0.05) is 23.2 Å². The van der Waals surface area contributed by atoms with Crippen molar-refractivity contribution in [3.05, 3.63) is 138 Å². The third-order valence-corrected chi connectivity index (χ3v) is 13.9. The van der Waals surface area contributed by atoms with Crippen LogP contribution >= 0.6 is 71.0 Å². The van der Waals surface area contributed by atoms with E-state index in [4.69, 9.17) is 27.9 Å². The van der Waals surface area contributed by atoms with Crippen molar-refractivity contribution in [2.24, 2.45) is 0 Å². The molecule has 3 aliphatic rings. The van der Waals surface area contributed by atoms with Crippen molar-refractivity contribution in [3.8, 4) is 0 Å². The second kappa shape index (κ2) is 19.9. The van der Waals surface area contributed by atoms with E-state index in [9.17, 15) is 19.2 Å². The highest BCUT2D eigenvalue weighted by molar-refractivity contribution is 9.11. The molecule has 71 heavy (non-hydrogen) atoms. The Balaban J connectivity index is 0.000000123. The van der Waals surface area contributed by atoms with Gasteiger partial charge >= 0.3 is 5.97 Å². The van der Waals surface area contributed by atoms with E-state index in [1.807, 2.05) is 40.3 Å². The molecule has 12 heterocycles. The number of carbonyl (C=O) groups is 4. The van der Waals surface area contributed by atoms with Crippen LogP contribution in [-0.4, -0.2) is 138 Å². The van der Waals surface area contributed by atoms with Crippen molar-refractivity contribution < 1.29 is 23.9 Å². The Morgan fingerprint density at radius 3 is 1.69 bits per heavy atom. The van der Waals surface area contributed by atoms with Crippen molar-refractivity contribution in [3.63, 3.8) is 0 Å². The molecule has 12 rings (SSSR count). The fourth-order valence-electron chi connectivity index (χ4n) is 8.27. The summed E-state index contributed by atoms with van der Waals surface area (Å²) in [6, 6.07) is 16.1. The molecule has 0 bridgehead atoms. The van der Waals surface area contributed by atoms with Gasteiger partial charge in [0.2, 0.25) is 5.82 Å². The zero-order chi connectivity index (χ0) is 49.7. The van der Waals surface area contributed by atoms with Gasteiger partial charge in [-0.25, -0.2) is 18.3 Å². The monoisotopic (exact) mass is 1190 g/mol. The number of carbonyl (C=O) groups excluding carboxylic acids is 4. The number of halogens is 5. The Hall–Kier alpha value is -6.61. The number of nitrogens with zero attached hydrogens (tertiary/aromatic N) is 18. The summed E-state index contributed by atoms with van der Waals surface area (Å²) in [5, 5.41) is 38.2. The molecular weight excluding hydrogens is 1160 g/mol. The van der Waals surface area contributed by atoms with E-state index in [2.05, 4.69) is 93.7 Å². The predicted molar refractivity (Wildman–Crippen MR) is 264 cm³/mol. The van der Waals surface area contributed by atoms with E-state index in [1.54, 1.807) is 88.7 Å². The summed E-state index contributed by atoms with van der Waals surface area (Å²) in [4.78, 5) is 55.3. The number of esters is 1. The van der Waals surface area contributed by atoms with Gasteiger partial charge < -0.3 is 33.1 Å². The SMILES string of the molecule is CC1c2nnc(Br)n2CCN1C(=O)c1cc2ccc(Cl)cn2n1.CCOC(=O)c1nnc2n1CCN(C(=O)c1cc3ccc(Br)cn3n1)C2.O=C(c1cc2ccc(Cl)cn2n1)N1CCn2c(Br)nnc2C1. The molecule has 0 aliphatic carbocycles. The summed E-state index contributed by atoms with van der Waals surface area (Å²) >= 11 is 22.0. The maximum Gasteiger partial charge on any atom is 0.376 e. The first-order valence-electron chi connectivity index (χ1n) is 21.8. The standard InChI is InChI=1S/C16H15BrN6O3.C14H12BrClN6O.C13H10BrClN6O/c1-2-26-16(25)14-19-18-13-9-21(5-6-22(13)14)15(24)12-7-11-4-3-10(17)8-23(11)20-12;1-8-12-17-18-14(15)21(12)5-4-20(8)13(23)11-6-10-3-2-9(16)7-22(10)19-11;14-13-17-16-11-7-19(3-4-20(11)13)12(22)10-5-9-2-1-8(15)6-21(9)18-10/h3-4,7-8H,2,5-6,9H2,1H3;2-3,6-8H,4-5H2,1H3;1-2,5-6H,3-4,7H2. The number of pyridine rings is 3. The molecule has 0 aromatic carbocycles. The zero-order valence-corrected chi connectivity index (χ0v) is 43.6. The van der Waals surface area contributed by atoms with E-state index in [1.165, 1.54) is 0 Å². The maximum atomic E-state index is 12.8. The molecule has 28 heteroatoms. The molecule has 9 aromatic heterocycles. The van der Waals surface area contributed by atoms with Crippen molar-refractivity contribution in [2.75, 3.05) is 26.2 Å². The number of fused-ring (bicyclic) bond motifs is 6. The molecule has 3 aliphatic heterocycles. The second-order valence-electron chi connectivity index (χ2n) is 16.2. The third kappa shape index (κ3) is 9.64. The second-order valence-corrected chi connectivity index (χ2v) is 19.4. The van der Waals surface area contributed by atoms with Crippen molar-refractivity contribution in [1.82, 2.24) is 87.8 Å². The van der Waals surface area contributed by atoms with Crippen molar-refractivity contribution in [2.45, 2.75) is 52.6 Å². The maximum absolute atomic E-state index is 12.8. The molecule has 0 N–H and O–H groups in total. The van der Waals surface area contributed by atoms with Gasteiger partial charge in [0.15, 0.2) is 44.0 Å². The summed E-state index contributed by atoms with van der Waals surface area (Å²) in [6.07, 6.45) is 5.16. The fourth-order valence-corrected chi connectivity index (χ4v) is 9.81. The minimum absolute atomic E-state index is 0.120. The highest BCUT2D eigenvalue weighted by Gasteiger charge is 2.33. The van der Waals surface area contributed by atoms with Gasteiger partial charge in [-0.2, -0.15) is 15.3 Å². The Labute approximate surface area is 436 Å². The van der Waals surface area contributed by atoms with E-state index in [-0.39, 0.29) is 42.7 Å². The molecule has 1 unspecified atom stereocenters. The van der Waals surface area contributed by atoms with Crippen LogP contribution in [0.2, 0.25) is 10.0 Å². The highest BCUT2D eigenvalue weighted by Crippen LogP contribution is 2.28. The Morgan fingerprint density at radius 1 is 0.592 bits per heavy atom. The molecule has 0 saturated heterocycles.